The summed E-state index contributed by atoms with van der Waals surface area (Å²) in [7, 11) is 1.92. The number of rotatable bonds is 4. The van der Waals surface area contributed by atoms with Crippen LogP contribution in [0.15, 0.2) is 15.9 Å². The van der Waals surface area contributed by atoms with E-state index in [-0.39, 0.29) is 0 Å². The Morgan fingerprint density at radius 2 is 2.38 bits per heavy atom. The molecule has 0 aliphatic carbocycles. The molecular weight excluding hydrogens is 310 g/mol. The number of nitrogens with one attached hydrogen (secondary N) is 2. The maximum atomic E-state index is 6.12. The number of H-pyrrole nitrogens is 1. The summed E-state index contributed by atoms with van der Waals surface area (Å²) in [6.07, 6.45) is 0.850. The number of likely N-dealkylation sites (N-methyl/N-ethyl adjacent to an activating group) is 1. The molecule has 2 N–H and O–H groups in total. The smallest absolute Gasteiger partial charge is 0.135 e. The first-order valence-electron chi connectivity index (χ1n) is 4.85. The summed E-state index contributed by atoms with van der Waals surface area (Å²) in [4.78, 5) is 8.66. The maximum Gasteiger partial charge on any atom is 0.135 e. The van der Waals surface area contributed by atoms with Crippen LogP contribution in [0.2, 0.25) is 5.15 Å². The molecule has 0 aromatic carbocycles. The monoisotopic (exact) mass is 319 g/mol. The van der Waals surface area contributed by atoms with E-state index < -0.39 is 0 Å². The second-order valence-electron chi connectivity index (χ2n) is 3.30. The van der Waals surface area contributed by atoms with Gasteiger partial charge in [-0.15, -0.1) is 11.3 Å². The van der Waals surface area contributed by atoms with E-state index in [1.54, 1.807) is 11.3 Å². The number of halogens is 2. The number of nitrogens with zero attached hydrogens (tertiary/aromatic N) is 1. The molecule has 0 radical (unpaired) electrons. The van der Waals surface area contributed by atoms with Crippen LogP contribution in [-0.4, -0.2) is 23.6 Å². The van der Waals surface area contributed by atoms with Crippen molar-refractivity contribution in [3.05, 3.63) is 26.9 Å². The van der Waals surface area contributed by atoms with Gasteiger partial charge in [0.15, 0.2) is 0 Å². The molecule has 2 aromatic heterocycles. The normalized spacial score (nSPS) is 10.9. The van der Waals surface area contributed by atoms with Crippen LogP contribution in [0.3, 0.4) is 0 Å². The van der Waals surface area contributed by atoms with Crippen LogP contribution in [-0.2, 0) is 6.42 Å². The average Bonchev–Trinajstić information content (AvgIpc) is 2.82. The van der Waals surface area contributed by atoms with Crippen molar-refractivity contribution in [2.45, 2.75) is 6.42 Å². The minimum absolute atomic E-state index is 0.612. The van der Waals surface area contributed by atoms with Gasteiger partial charge in [0.25, 0.3) is 0 Å². The fraction of sp³-hybridized carbons (Fsp3) is 0.300. The predicted octanol–water partition coefficient (Wildman–Crippen LogP) is 3.32. The van der Waals surface area contributed by atoms with Gasteiger partial charge in [0.1, 0.15) is 16.7 Å². The van der Waals surface area contributed by atoms with E-state index in [1.165, 1.54) is 0 Å². The Morgan fingerprint density at radius 1 is 1.56 bits per heavy atom. The molecule has 2 heterocycles. The van der Waals surface area contributed by atoms with E-state index >= 15 is 0 Å². The molecule has 0 atom stereocenters. The molecule has 0 amide bonds. The van der Waals surface area contributed by atoms with Gasteiger partial charge in [-0.1, -0.05) is 11.6 Å². The van der Waals surface area contributed by atoms with Crippen LogP contribution < -0.4 is 5.32 Å². The highest BCUT2D eigenvalue weighted by Gasteiger charge is 2.11. The Morgan fingerprint density at radius 3 is 3.00 bits per heavy atom. The van der Waals surface area contributed by atoms with Gasteiger partial charge in [0.05, 0.1) is 8.66 Å². The molecule has 0 unspecified atom stereocenters. The average molecular weight is 321 g/mol. The van der Waals surface area contributed by atoms with Crippen LogP contribution >= 0.6 is 38.9 Å². The lowest BCUT2D eigenvalue weighted by atomic mass is 10.4. The first kappa shape index (κ1) is 12.1. The molecular formula is C10H11BrClN3S. The Hall–Kier alpha value is -0.360. The van der Waals surface area contributed by atoms with Crippen molar-refractivity contribution >= 4 is 38.9 Å². The van der Waals surface area contributed by atoms with E-state index in [4.69, 9.17) is 11.6 Å². The topological polar surface area (TPSA) is 40.7 Å². The number of hydrogen-bond acceptors (Lipinski definition) is 3. The number of hydrogen-bond donors (Lipinski definition) is 2. The van der Waals surface area contributed by atoms with Crippen LogP contribution in [0.25, 0.3) is 10.6 Å². The number of thiophene rings is 1. The van der Waals surface area contributed by atoms with E-state index in [0.29, 0.717) is 5.15 Å². The quantitative estimate of drug-likeness (QED) is 0.907. The summed E-state index contributed by atoms with van der Waals surface area (Å²) in [5, 5.41) is 3.69. The molecule has 2 rings (SSSR count). The van der Waals surface area contributed by atoms with E-state index in [2.05, 4.69) is 31.2 Å². The fourth-order valence-electron chi connectivity index (χ4n) is 1.36. The molecule has 2 aromatic rings. The second-order valence-corrected chi connectivity index (χ2v) is 6.14. The zero-order chi connectivity index (χ0) is 11.5. The molecule has 16 heavy (non-hydrogen) atoms. The van der Waals surface area contributed by atoms with Gasteiger partial charge < -0.3 is 10.3 Å². The number of aromatic nitrogens is 2. The molecule has 0 saturated heterocycles. The van der Waals surface area contributed by atoms with Crippen molar-refractivity contribution in [2.24, 2.45) is 0 Å². The highest BCUT2D eigenvalue weighted by atomic mass is 79.9. The molecule has 0 spiro atoms. The van der Waals surface area contributed by atoms with Gasteiger partial charge >= 0.3 is 0 Å². The Balaban J connectivity index is 2.24. The lowest BCUT2D eigenvalue weighted by Crippen LogP contribution is -2.11. The largest absolute Gasteiger partial charge is 0.332 e. The zero-order valence-electron chi connectivity index (χ0n) is 8.68. The lowest BCUT2D eigenvalue weighted by Gasteiger charge is -1.93. The highest BCUT2D eigenvalue weighted by Crippen LogP contribution is 2.33. The summed E-state index contributed by atoms with van der Waals surface area (Å²) >= 11 is 11.2. The van der Waals surface area contributed by atoms with E-state index in [9.17, 15) is 0 Å². The first-order chi connectivity index (χ1) is 7.70. The summed E-state index contributed by atoms with van der Waals surface area (Å²) in [5.74, 6) is 0.916. The van der Waals surface area contributed by atoms with Gasteiger partial charge in [-0.2, -0.15) is 0 Å². The molecule has 0 fully saturated rings. The standard InChI is InChI=1S/C10H11BrClN3S/c1-13-5-4-8-14-9(10(12)15-8)6-2-3-7(11)16-6/h2-3,13H,4-5H2,1H3,(H,14,15). The van der Waals surface area contributed by atoms with E-state index in [0.717, 1.165) is 33.1 Å². The lowest BCUT2D eigenvalue weighted by molar-refractivity contribution is 0.764. The van der Waals surface area contributed by atoms with Crippen LogP contribution in [0.1, 0.15) is 5.82 Å². The minimum Gasteiger partial charge on any atom is -0.332 e. The maximum absolute atomic E-state index is 6.12. The van der Waals surface area contributed by atoms with Crippen molar-refractivity contribution in [1.29, 1.82) is 0 Å². The Labute approximate surface area is 111 Å². The molecule has 86 valence electrons. The summed E-state index contributed by atoms with van der Waals surface area (Å²) in [6.45, 7) is 0.886. The van der Waals surface area contributed by atoms with Crippen molar-refractivity contribution in [3.8, 4) is 10.6 Å². The van der Waals surface area contributed by atoms with Gasteiger partial charge in [-0.05, 0) is 35.1 Å². The summed E-state index contributed by atoms with van der Waals surface area (Å²) in [5.41, 5.74) is 0.837. The molecule has 0 bridgehead atoms. The van der Waals surface area contributed by atoms with Crippen molar-refractivity contribution in [1.82, 2.24) is 15.3 Å². The van der Waals surface area contributed by atoms with Crippen molar-refractivity contribution in [2.75, 3.05) is 13.6 Å². The minimum atomic E-state index is 0.612. The van der Waals surface area contributed by atoms with Gasteiger partial charge in [-0.3, -0.25) is 0 Å². The van der Waals surface area contributed by atoms with Crippen molar-refractivity contribution < 1.29 is 0 Å². The fourth-order valence-corrected chi connectivity index (χ4v) is 3.06. The SMILES string of the molecule is CNCCc1nc(-c2ccc(Br)s2)c(Cl)[nH]1. The molecule has 6 heteroatoms. The predicted molar refractivity (Wildman–Crippen MR) is 72.2 cm³/mol. The van der Waals surface area contributed by atoms with Crippen LogP contribution in [0, 0.1) is 0 Å². The van der Waals surface area contributed by atoms with Crippen LogP contribution in [0.5, 0.6) is 0 Å². The number of aromatic amines is 1. The third kappa shape index (κ3) is 2.66. The van der Waals surface area contributed by atoms with Crippen LogP contribution in [0.4, 0.5) is 0 Å². The second kappa shape index (κ2) is 5.31. The first-order valence-corrected chi connectivity index (χ1v) is 6.84. The summed E-state index contributed by atoms with van der Waals surface area (Å²) < 4.78 is 1.08. The Bertz CT molecular complexity index is 480. The molecule has 3 nitrogen and oxygen atoms in total. The molecule has 0 aliphatic rings. The molecule has 0 aliphatic heterocycles. The number of imidazole rings is 1. The van der Waals surface area contributed by atoms with Gasteiger partial charge in [0.2, 0.25) is 0 Å². The summed E-state index contributed by atoms with van der Waals surface area (Å²) in [6, 6.07) is 4.01. The van der Waals surface area contributed by atoms with E-state index in [1.807, 2.05) is 19.2 Å². The third-order valence-electron chi connectivity index (χ3n) is 2.13. The van der Waals surface area contributed by atoms with Crippen molar-refractivity contribution in [3.63, 3.8) is 0 Å². The molecule has 0 saturated carbocycles. The zero-order valence-corrected chi connectivity index (χ0v) is 11.8. The van der Waals surface area contributed by atoms with Gasteiger partial charge in [-0.25, -0.2) is 4.98 Å². The highest BCUT2D eigenvalue weighted by molar-refractivity contribution is 9.11. The third-order valence-corrected chi connectivity index (χ3v) is 4.03. The van der Waals surface area contributed by atoms with Gasteiger partial charge in [0, 0.05) is 13.0 Å². The Kier molecular flexibility index (Phi) is 4.02.